The van der Waals surface area contributed by atoms with Gasteiger partial charge in [-0.3, -0.25) is 4.79 Å². The Morgan fingerprint density at radius 3 is 2.65 bits per heavy atom. The second-order valence-electron chi connectivity index (χ2n) is 6.05. The number of aryl methyl sites for hydroxylation is 1. The molecule has 1 aliphatic rings. The Labute approximate surface area is 155 Å². The summed E-state index contributed by atoms with van der Waals surface area (Å²) in [5.74, 6) is -1.32. The van der Waals surface area contributed by atoms with E-state index in [2.05, 4.69) is 5.32 Å². The molecule has 0 atom stereocenters. The number of amides is 1. The number of hydrogen-bond donors (Lipinski definition) is 3. The number of fused-ring (bicyclic) bond motifs is 1. The lowest BCUT2D eigenvalue weighted by Crippen LogP contribution is -2.21. The van der Waals surface area contributed by atoms with Crippen LogP contribution in [0.1, 0.15) is 30.0 Å². The molecule has 6 nitrogen and oxygen atoms in total. The molecule has 0 saturated heterocycles. The first-order valence-corrected chi connectivity index (χ1v) is 8.66. The summed E-state index contributed by atoms with van der Waals surface area (Å²) in [7, 11) is 0. The number of aliphatic carboxylic acids is 1. The molecule has 0 bridgehead atoms. The van der Waals surface area contributed by atoms with E-state index in [1.54, 1.807) is 18.2 Å². The zero-order chi connectivity index (χ0) is 18.8. The monoisotopic (exact) mass is 375 g/mol. The van der Waals surface area contributed by atoms with Crippen LogP contribution in [-0.4, -0.2) is 22.1 Å². The van der Waals surface area contributed by atoms with E-state index in [-0.39, 0.29) is 10.8 Å². The number of carbonyl (C=O) groups is 2. The lowest BCUT2D eigenvalue weighted by atomic mass is 10.1. The summed E-state index contributed by atoms with van der Waals surface area (Å²) in [6.07, 6.45) is 3.17. The van der Waals surface area contributed by atoms with Gasteiger partial charge in [0.2, 0.25) is 0 Å². The third-order valence-electron chi connectivity index (χ3n) is 4.38. The van der Waals surface area contributed by atoms with Crippen molar-refractivity contribution < 1.29 is 24.5 Å². The molecular formula is C19H18ClNO5. The Kier molecular flexibility index (Phi) is 5.04. The molecule has 1 amide bonds. The molecule has 0 saturated carbocycles. The van der Waals surface area contributed by atoms with E-state index < -0.39 is 11.9 Å². The van der Waals surface area contributed by atoms with Gasteiger partial charge in [-0.15, -0.1) is 0 Å². The number of halogens is 1. The Hall–Kier alpha value is -2.73. The minimum Gasteiger partial charge on any atom is -0.508 e. The van der Waals surface area contributed by atoms with Crippen molar-refractivity contribution in [2.45, 2.75) is 32.6 Å². The van der Waals surface area contributed by atoms with Gasteiger partial charge in [0.25, 0.3) is 0 Å². The molecule has 0 spiro atoms. The van der Waals surface area contributed by atoms with Crippen LogP contribution in [-0.2, 0) is 28.9 Å². The van der Waals surface area contributed by atoms with Crippen molar-refractivity contribution in [2.24, 2.45) is 0 Å². The van der Waals surface area contributed by atoms with Crippen LogP contribution in [0, 0.1) is 0 Å². The van der Waals surface area contributed by atoms with E-state index in [1.165, 1.54) is 6.07 Å². The number of rotatable bonds is 4. The number of ether oxygens (including phenoxy) is 1. The van der Waals surface area contributed by atoms with Crippen molar-refractivity contribution in [2.75, 3.05) is 5.32 Å². The van der Waals surface area contributed by atoms with Gasteiger partial charge in [0.05, 0.1) is 5.02 Å². The highest BCUT2D eigenvalue weighted by atomic mass is 35.5. The lowest BCUT2D eigenvalue weighted by molar-refractivity contribution is -0.147. The number of phenols is 1. The van der Waals surface area contributed by atoms with Crippen LogP contribution in [0.5, 0.6) is 17.2 Å². The van der Waals surface area contributed by atoms with E-state index >= 15 is 0 Å². The van der Waals surface area contributed by atoms with Crippen molar-refractivity contribution in [3.05, 3.63) is 46.0 Å². The third-order valence-corrected chi connectivity index (χ3v) is 4.66. The topological polar surface area (TPSA) is 95.9 Å². The molecule has 3 N–H and O–H groups in total. The molecule has 136 valence electrons. The van der Waals surface area contributed by atoms with E-state index in [0.29, 0.717) is 23.6 Å². The molecule has 3 rings (SSSR count). The standard InChI is InChI=1S/C19H18ClNO5/c1-2-10-8-11(21-18(23)19(24)25)9-14(20)17(10)26-16-7-6-15(22)12-4-3-5-13(12)16/h6-9,22H,2-5H2,1H3,(H,21,23)(H,24,25). The largest absolute Gasteiger partial charge is 0.508 e. The Bertz CT molecular complexity index is 894. The van der Waals surface area contributed by atoms with E-state index in [1.807, 2.05) is 6.92 Å². The molecule has 2 aromatic rings. The van der Waals surface area contributed by atoms with Crippen LogP contribution in [0.25, 0.3) is 0 Å². The van der Waals surface area contributed by atoms with Crippen LogP contribution in [0.15, 0.2) is 24.3 Å². The summed E-state index contributed by atoms with van der Waals surface area (Å²) in [6.45, 7) is 1.91. The maximum Gasteiger partial charge on any atom is 0.394 e. The number of anilines is 1. The minimum absolute atomic E-state index is 0.268. The lowest BCUT2D eigenvalue weighted by Gasteiger charge is -2.17. The average molecular weight is 376 g/mol. The van der Waals surface area contributed by atoms with Crippen LogP contribution in [0.4, 0.5) is 5.69 Å². The summed E-state index contributed by atoms with van der Waals surface area (Å²) in [4.78, 5) is 22.0. The fourth-order valence-corrected chi connectivity index (χ4v) is 3.42. The zero-order valence-electron chi connectivity index (χ0n) is 14.1. The summed E-state index contributed by atoms with van der Waals surface area (Å²) >= 11 is 6.34. The molecule has 2 aromatic carbocycles. The smallest absolute Gasteiger partial charge is 0.394 e. The molecule has 0 fully saturated rings. The fourth-order valence-electron chi connectivity index (χ4n) is 3.14. The van der Waals surface area contributed by atoms with Crippen LogP contribution < -0.4 is 10.1 Å². The third kappa shape index (κ3) is 3.46. The molecule has 26 heavy (non-hydrogen) atoms. The number of carboxylic acids is 1. The van der Waals surface area contributed by atoms with Gasteiger partial charge in [0.15, 0.2) is 0 Å². The molecule has 0 aromatic heterocycles. The van der Waals surface area contributed by atoms with E-state index in [4.69, 9.17) is 21.4 Å². The average Bonchev–Trinajstić information content (AvgIpc) is 3.09. The maximum atomic E-state index is 11.4. The van der Waals surface area contributed by atoms with Crippen molar-refractivity contribution in [1.82, 2.24) is 0 Å². The fraction of sp³-hybridized carbons (Fsp3) is 0.263. The minimum atomic E-state index is -1.57. The quantitative estimate of drug-likeness (QED) is 0.704. The number of phenolic OH excluding ortho intramolecular Hbond substituents is 1. The van der Waals surface area contributed by atoms with Crippen molar-refractivity contribution in [3.63, 3.8) is 0 Å². The van der Waals surface area contributed by atoms with E-state index in [0.717, 1.165) is 36.0 Å². The highest BCUT2D eigenvalue weighted by Gasteiger charge is 2.22. The Balaban J connectivity index is 1.95. The zero-order valence-corrected chi connectivity index (χ0v) is 14.9. The van der Waals surface area contributed by atoms with Crippen molar-refractivity contribution in [1.29, 1.82) is 0 Å². The first kappa shape index (κ1) is 18.1. The van der Waals surface area contributed by atoms with Gasteiger partial charge in [-0.05, 0) is 55.5 Å². The van der Waals surface area contributed by atoms with Crippen molar-refractivity contribution in [3.8, 4) is 17.2 Å². The number of carboxylic acid groups (broad SMARTS) is 1. The predicted molar refractivity (Wildman–Crippen MR) is 97.3 cm³/mol. The predicted octanol–water partition coefficient (Wildman–Crippen LogP) is 3.91. The number of benzene rings is 2. The number of nitrogens with one attached hydrogen (secondary N) is 1. The van der Waals surface area contributed by atoms with Crippen molar-refractivity contribution >= 4 is 29.2 Å². The van der Waals surface area contributed by atoms with Crippen LogP contribution in [0.2, 0.25) is 5.02 Å². The Morgan fingerprint density at radius 1 is 1.23 bits per heavy atom. The molecule has 1 aliphatic carbocycles. The normalized spacial score (nSPS) is 12.5. The first-order valence-electron chi connectivity index (χ1n) is 8.29. The molecule has 0 unspecified atom stereocenters. The summed E-state index contributed by atoms with van der Waals surface area (Å²) in [6, 6.07) is 6.43. The summed E-state index contributed by atoms with van der Waals surface area (Å²) < 4.78 is 6.06. The maximum absolute atomic E-state index is 11.4. The second-order valence-corrected chi connectivity index (χ2v) is 6.46. The van der Waals surface area contributed by atoms with Gasteiger partial charge < -0.3 is 20.3 Å². The van der Waals surface area contributed by atoms with Gasteiger partial charge in [-0.1, -0.05) is 18.5 Å². The number of aromatic hydroxyl groups is 1. The Morgan fingerprint density at radius 2 is 1.96 bits per heavy atom. The highest BCUT2D eigenvalue weighted by molar-refractivity contribution is 6.37. The molecule has 0 radical (unpaired) electrons. The number of carbonyl (C=O) groups excluding carboxylic acids is 1. The molecule has 0 aliphatic heterocycles. The number of hydrogen-bond acceptors (Lipinski definition) is 4. The van der Waals surface area contributed by atoms with Gasteiger partial charge in [0.1, 0.15) is 17.2 Å². The van der Waals surface area contributed by atoms with Gasteiger partial charge >= 0.3 is 11.9 Å². The van der Waals surface area contributed by atoms with Crippen LogP contribution >= 0.6 is 11.6 Å². The van der Waals surface area contributed by atoms with Gasteiger partial charge in [0, 0.05) is 16.8 Å². The first-order chi connectivity index (χ1) is 12.4. The molecule has 0 heterocycles. The van der Waals surface area contributed by atoms with Crippen LogP contribution in [0.3, 0.4) is 0 Å². The second kappa shape index (κ2) is 7.25. The summed E-state index contributed by atoms with van der Waals surface area (Å²) in [5.41, 5.74) is 2.91. The SMILES string of the molecule is CCc1cc(NC(=O)C(=O)O)cc(Cl)c1Oc1ccc(O)c2c1CCC2. The van der Waals surface area contributed by atoms with Gasteiger partial charge in [-0.2, -0.15) is 0 Å². The highest BCUT2D eigenvalue weighted by Crippen LogP contribution is 2.42. The molecular weight excluding hydrogens is 358 g/mol. The van der Waals surface area contributed by atoms with Gasteiger partial charge in [-0.25, -0.2) is 4.79 Å². The molecule has 7 heteroatoms. The summed E-state index contributed by atoms with van der Waals surface area (Å²) in [5, 5.41) is 21.2. The van der Waals surface area contributed by atoms with E-state index in [9.17, 15) is 14.7 Å².